The molecule has 28 heavy (non-hydrogen) atoms. The number of methoxy groups -OCH3 is 2. The smallest absolute Gasteiger partial charge is 0.357 e. The van der Waals surface area contributed by atoms with Gasteiger partial charge in [-0.25, -0.2) is 18.7 Å². The van der Waals surface area contributed by atoms with Crippen molar-refractivity contribution in [3.05, 3.63) is 71.2 Å². The third kappa shape index (κ3) is 3.23. The predicted molar refractivity (Wildman–Crippen MR) is 99.6 cm³/mol. The Bertz CT molecular complexity index is 1100. The minimum absolute atomic E-state index is 0.00203. The lowest BCUT2D eigenvalue weighted by Gasteiger charge is -2.07. The van der Waals surface area contributed by atoms with E-state index in [1.54, 1.807) is 30.3 Å². The molecule has 0 fully saturated rings. The summed E-state index contributed by atoms with van der Waals surface area (Å²) < 4.78 is 24.8. The lowest BCUT2D eigenvalue weighted by atomic mass is 10.0. The van der Waals surface area contributed by atoms with Crippen LogP contribution >= 0.6 is 0 Å². The molecule has 0 unspecified atom stereocenters. The quantitative estimate of drug-likeness (QED) is 0.515. The van der Waals surface area contributed by atoms with Crippen molar-refractivity contribution in [2.75, 3.05) is 14.2 Å². The second-order valence-electron chi connectivity index (χ2n) is 5.64. The van der Waals surface area contributed by atoms with E-state index in [4.69, 9.17) is 15.9 Å². The van der Waals surface area contributed by atoms with E-state index in [-0.39, 0.29) is 22.5 Å². The molecule has 0 bridgehead atoms. The minimum atomic E-state index is -0.788. The molecule has 0 saturated carbocycles. The van der Waals surface area contributed by atoms with E-state index in [2.05, 4.69) is 11.0 Å². The van der Waals surface area contributed by atoms with Gasteiger partial charge in [0.1, 0.15) is 17.1 Å². The SMILES string of the molecule is C#Cc1cc(-c2nn(-c3ccccc3)c(C(=O)OC)c2C(=O)OC)ccc1F. The molecule has 0 atom stereocenters. The van der Waals surface area contributed by atoms with Crippen LogP contribution < -0.4 is 0 Å². The molecule has 0 N–H and O–H groups in total. The fourth-order valence-electron chi connectivity index (χ4n) is 2.74. The Morgan fingerprint density at radius 2 is 1.75 bits per heavy atom. The summed E-state index contributed by atoms with van der Waals surface area (Å²) in [6.45, 7) is 0. The maximum Gasteiger partial charge on any atom is 0.357 e. The molecule has 1 aromatic heterocycles. The first-order chi connectivity index (χ1) is 13.5. The van der Waals surface area contributed by atoms with E-state index in [0.717, 1.165) is 0 Å². The summed E-state index contributed by atoms with van der Waals surface area (Å²) in [5, 5.41) is 4.42. The van der Waals surface area contributed by atoms with E-state index >= 15 is 0 Å². The van der Waals surface area contributed by atoms with Gasteiger partial charge in [0.05, 0.1) is 25.5 Å². The van der Waals surface area contributed by atoms with E-state index < -0.39 is 17.8 Å². The molecule has 0 aliphatic heterocycles. The summed E-state index contributed by atoms with van der Waals surface area (Å²) in [6, 6.07) is 12.7. The van der Waals surface area contributed by atoms with Crippen molar-refractivity contribution in [3.63, 3.8) is 0 Å². The first kappa shape index (κ1) is 18.9. The monoisotopic (exact) mass is 378 g/mol. The van der Waals surface area contributed by atoms with Crippen molar-refractivity contribution in [1.29, 1.82) is 0 Å². The number of benzene rings is 2. The third-order valence-corrected chi connectivity index (χ3v) is 4.05. The zero-order valence-corrected chi connectivity index (χ0v) is 15.1. The van der Waals surface area contributed by atoms with Gasteiger partial charge in [-0.3, -0.25) is 0 Å². The Morgan fingerprint density at radius 1 is 1.07 bits per heavy atom. The van der Waals surface area contributed by atoms with Crippen molar-refractivity contribution in [1.82, 2.24) is 9.78 Å². The topological polar surface area (TPSA) is 70.4 Å². The van der Waals surface area contributed by atoms with E-state index in [0.29, 0.717) is 11.3 Å². The normalized spacial score (nSPS) is 10.2. The molecule has 1 heterocycles. The van der Waals surface area contributed by atoms with E-state index in [1.165, 1.54) is 37.1 Å². The highest BCUT2D eigenvalue weighted by molar-refractivity contribution is 6.06. The van der Waals surface area contributed by atoms with Gasteiger partial charge in [-0.15, -0.1) is 6.42 Å². The zero-order chi connectivity index (χ0) is 20.3. The van der Waals surface area contributed by atoms with Crippen LogP contribution in [0, 0.1) is 18.2 Å². The molecular formula is C21H15FN2O4. The molecule has 0 amide bonds. The maximum atomic E-state index is 13.8. The average molecular weight is 378 g/mol. The van der Waals surface area contributed by atoms with Crippen LogP contribution in [0.25, 0.3) is 16.9 Å². The lowest BCUT2D eigenvalue weighted by molar-refractivity contribution is 0.0549. The Labute approximate surface area is 160 Å². The predicted octanol–water partition coefficient (Wildman–Crippen LogP) is 3.23. The van der Waals surface area contributed by atoms with Crippen LogP contribution in [-0.2, 0) is 9.47 Å². The van der Waals surface area contributed by atoms with Crippen LogP contribution in [0.2, 0.25) is 0 Å². The van der Waals surface area contributed by atoms with Crippen LogP contribution in [0.3, 0.4) is 0 Å². The molecular weight excluding hydrogens is 363 g/mol. The molecule has 0 saturated heterocycles. The van der Waals surface area contributed by atoms with Gasteiger partial charge in [-0.2, -0.15) is 5.10 Å². The summed E-state index contributed by atoms with van der Waals surface area (Å²) in [4.78, 5) is 25.0. The highest BCUT2D eigenvalue weighted by Crippen LogP contribution is 2.30. The molecule has 0 spiro atoms. The molecule has 7 heteroatoms. The second kappa shape index (κ2) is 7.76. The number of terminal acetylenes is 1. The molecule has 0 aliphatic rings. The van der Waals surface area contributed by atoms with Crippen LogP contribution in [0.15, 0.2) is 48.5 Å². The van der Waals surface area contributed by atoms with Gasteiger partial charge in [0.2, 0.25) is 0 Å². The maximum absolute atomic E-state index is 13.8. The van der Waals surface area contributed by atoms with Crippen LogP contribution in [-0.4, -0.2) is 35.9 Å². The van der Waals surface area contributed by atoms with Gasteiger partial charge in [0, 0.05) is 5.56 Å². The molecule has 0 aliphatic carbocycles. The molecule has 2 aromatic carbocycles. The largest absolute Gasteiger partial charge is 0.465 e. The van der Waals surface area contributed by atoms with Gasteiger partial charge < -0.3 is 9.47 Å². The first-order valence-corrected chi connectivity index (χ1v) is 8.13. The van der Waals surface area contributed by atoms with Gasteiger partial charge in [-0.1, -0.05) is 24.1 Å². The van der Waals surface area contributed by atoms with Crippen molar-refractivity contribution < 1.29 is 23.5 Å². The molecule has 3 rings (SSSR count). The Balaban J connectivity index is 2.37. The summed E-state index contributed by atoms with van der Waals surface area (Å²) in [6.07, 6.45) is 5.34. The molecule has 6 nitrogen and oxygen atoms in total. The van der Waals surface area contributed by atoms with Crippen molar-refractivity contribution in [3.8, 4) is 29.3 Å². The number of carbonyl (C=O) groups excluding carboxylic acids is 2. The molecule has 3 aromatic rings. The lowest BCUT2D eigenvalue weighted by Crippen LogP contribution is -2.15. The number of esters is 2. The number of nitrogens with zero attached hydrogens (tertiary/aromatic N) is 2. The van der Waals surface area contributed by atoms with Crippen molar-refractivity contribution in [2.45, 2.75) is 0 Å². The summed E-state index contributed by atoms with van der Waals surface area (Å²) in [5.41, 5.74) is 0.790. The number of para-hydroxylation sites is 1. The third-order valence-electron chi connectivity index (χ3n) is 4.05. The van der Waals surface area contributed by atoms with Gasteiger partial charge >= 0.3 is 11.9 Å². The Kier molecular flexibility index (Phi) is 5.23. The number of hydrogen-bond acceptors (Lipinski definition) is 5. The van der Waals surface area contributed by atoms with E-state index in [1.807, 2.05) is 0 Å². The summed E-state index contributed by atoms with van der Waals surface area (Å²) >= 11 is 0. The fourth-order valence-corrected chi connectivity index (χ4v) is 2.74. The highest BCUT2D eigenvalue weighted by Gasteiger charge is 2.31. The number of carbonyl (C=O) groups is 2. The van der Waals surface area contributed by atoms with Crippen LogP contribution in [0.4, 0.5) is 4.39 Å². The Hall–Kier alpha value is -3.92. The Morgan fingerprint density at radius 3 is 2.36 bits per heavy atom. The number of aromatic nitrogens is 2. The minimum Gasteiger partial charge on any atom is -0.465 e. The number of ether oxygens (including phenoxy) is 2. The molecule has 140 valence electrons. The van der Waals surface area contributed by atoms with Crippen LogP contribution in [0.1, 0.15) is 26.4 Å². The highest BCUT2D eigenvalue weighted by atomic mass is 19.1. The summed E-state index contributed by atoms with van der Waals surface area (Å²) in [5.74, 6) is 0.0924. The van der Waals surface area contributed by atoms with Gasteiger partial charge in [-0.05, 0) is 30.3 Å². The number of hydrogen-bond donors (Lipinski definition) is 0. The number of rotatable bonds is 4. The second-order valence-corrected chi connectivity index (χ2v) is 5.64. The standard InChI is InChI=1S/C21H15FN2O4/c1-4-13-12-14(10-11-16(13)22)18-17(20(25)27-2)19(21(26)28-3)24(23-18)15-8-6-5-7-9-15/h1,5-12H,2-3H3. The van der Waals surface area contributed by atoms with Gasteiger partial charge in [0.15, 0.2) is 5.69 Å². The van der Waals surface area contributed by atoms with E-state index in [9.17, 15) is 14.0 Å². The fraction of sp³-hybridized carbons (Fsp3) is 0.0952. The van der Waals surface area contributed by atoms with Gasteiger partial charge in [0.25, 0.3) is 0 Å². The first-order valence-electron chi connectivity index (χ1n) is 8.13. The van der Waals surface area contributed by atoms with Crippen LogP contribution in [0.5, 0.6) is 0 Å². The summed E-state index contributed by atoms with van der Waals surface area (Å²) in [7, 11) is 2.38. The number of halogens is 1. The molecule has 0 radical (unpaired) electrons. The van der Waals surface area contributed by atoms with Crippen molar-refractivity contribution >= 4 is 11.9 Å². The zero-order valence-electron chi connectivity index (χ0n) is 15.1. The van der Waals surface area contributed by atoms with Crippen molar-refractivity contribution in [2.24, 2.45) is 0 Å². The average Bonchev–Trinajstić information content (AvgIpc) is 3.14.